The highest BCUT2D eigenvalue weighted by Gasteiger charge is 2.32. The predicted molar refractivity (Wildman–Crippen MR) is 109 cm³/mol. The van der Waals surface area contributed by atoms with Crippen LogP contribution in [0.2, 0.25) is 0 Å². The van der Waals surface area contributed by atoms with Gasteiger partial charge in [0.2, 0.25) is 10.0 Å². The van der Waals surface area contributed by atoms with Crippen molar-refractivity contribution in [3.05, 3.63) is 29.8 Å². The maximum Gasteiger partial charge on any atom is 0.251 e. The molecule has 0 aromatic heterocycles. The second kappa shape index (κ2) is 9.35. The number of amides is 1. The molecular formula is C20H34N3O4S+. The Hall–Kier alpha value is -1.48. The summed E-state index contributed by atoms with van der Waals surface area (Å²) in [6.45, 7) is 12.4. The monoisotopic (exact) mass is 412 g/mol. The van der Waals surface area contributed by atoms with Gasteiger partial charge in [-0.05, 0) is 58.9 Å². The van der Waals surface area contributed by atoms with E-state index >= 15 is 0 Å². The summed E-state index contributed by atoms with van der Waals surface area (Å²) in [6, 6.07) is 6.14. The fraction of sp³-hybridized carbons (Fsp3) is 0.650. The summed E-state index contributed by atoms with van der Waals surface area (Å²) in [4.78, 5) is 12.5. The normalized spacial score (nSPS) is 21.5. The third-order valence-corrected chi connectivity index (χ3v) is 6.41. The second-order valence-corrected chi connectivity index (χ2v) is 10.5. The third kappa shape index (κ3) is 6.55. The van der Waals surface area contributed by atoms with Crippen LogP contribution in [0.3, 0.4) is 0 Å². The Balaban J connectivity index is 1.92. The average molecular weight is 413 g/mol. The summed E-state index contributed by atoms with van der Waals surface area (Å²) in [7, 11) is -3.59. The molecule has 7 nitrogen and oxygen atoms in total. The number of carbonyl (C=O) groups excluding carboxylic acids is 1. The molecule has 158 valence electrons. The molecule has 1 saturated heterocycles. The molecule has 8 heteroatoms. The van der Waals surface area contributed by atoms with Crippen LogP contribution in [0.4, 0.5) is 0 Å². The number of sulfonamides is 1. The average Bonchev–Trinajstić information content (AvgIpc) is 2.59. The maximum absolute atomic E-state index is 12.9. The minimum Gasteiger partial charge on any atom is -0.373 e. The molecule has 0 aliphatic carbocycles. The van der Waals surface area contributed by atoms with Crippen LogP contribution in [0, 0.1) is 0 Å². The number of quaternary nitrogens is 1. The molecule has 1 aliphatic rings. The summed E-state index contributed by atoms with van der Waals surface area (Å²) in [5.41, 5.74) is 0.643. The molecule has 2 rings (SSSR count). The third-order valence-electron chi connectivity index (χ3n) is 4.56. The van der Waals surface area contributed by atoms with Crippen molar-refractivity contribution in [2.24, 2.45) is 0 Å². The highest BCUT2D eigenvalue weighted by atomic mass is 32.2. The van der Waals surface area contributed by atoms with Crippen LogP contribution in [0.1, 0.15) is 51.4 Å². The predicted octanol–water partition coefficient (Wildman–Crippen LogP) is 0.966. The minimum absolute atomic E-state index is 0.140. The number of nitrogens with two attached hydrogens (primary N) is 1. The number of hydrogen-bond donors (Lipinski definition) is 2. The molecule has 1 heterocycles. The number of hydrogen-bond acceptors (Lipinski definition) is 4. The van der Waals surface area contributed by atoms with Crippen molar-refractivity contribution >= 4 is 15.9 Å². The van der Waals surface area contributed by atoms with Crippen LogP contribution in [-0.2, 0) is 14.8 Å². The number of carbonyl (C=O) groups is 1. The van der Waals surface area contributed by atoms with Crippen LogP contribution in [-0.4, -0.2) is 62.6 Å². The number of benzene rings is 1. The summed E-state index contributed by atoms with van der Waals surface area (Å²) >= 11 is 0. The molecule has 1 amide bonds. The van der Waals surface area contributed by atoms with E-state index in [1.165, 1.54) is 16.4 Å². The maximum atomic E-state index is 12.9. The van der Waals surface area contributed by atoms with Crippen LogP contribution < -0.4 is 10.6 Å². The lowest BCUT2D eigenvalue weighted by Gasteiger charge is -2.34. The van der Waals surface area contributed by atoms with Crippen LogP contribution in [0.15, 0.2) is 29.2 Å². The van der Waals surface area contributed by atoms with E-state index in [2.05, 4.69) is 31.4 Å². The molecule has 0 bridgehead atoms. The molecular weight excluding hydrogens is 378 g/mol. The van der Waals surface area contributed by atoms with Gasteiger partial charge in [0.05, 0.1) is 29.2 Å². The molecule has 0 unspecified atom stereocenters. The van der Waals surface area contributed by atoms with E-state index in [1.54, 1.807) is 12.1 Å². The largest absolute Gasteiger partial charge is 0.373 e. The standard InChI is InChI=1S/C20H33N3O4S/c1-15-13-23(14-16(2)27-15)28(25,26)18-9-7-17(8-10-18)19(24)21-11-6-12-22-20(3,4)5/h7-10,15-16,22H,6,11-14H2,1-5H3,(H,21,24)/p+1/t15-,16+. The topological polar surface area (TPSA) is 92.3 Å². The van der Waals surface area contributed by atoms with Crippen molar-refractivity contribution in [1.82, 2.24) is 9.62 Å². The van der Waals surface area contributed by atoms with Crippen LogP contribution in [0.25, 0.3) is 0 Å². The number of morpholine rings is 1. The van der Waals surface area contributed by atoms with Gasteiger partial charge in [-0.3, -0.25) is 4.79 Å². The van der Waals surface area contributed by atoms with Gasteiger partial charge in [-0.25, -0.2) is 8.42 Å². The van der Waals surface area contributed by atoms with Gasteiger partial charge in [-0.15, -0.1) is 0 Å². The van der Waals surface area contributed by atoms with Crippen molar-refractivity contribution in [2.75, 3.05) is 26.2 Å². The quantitative estimate of drug-likeness (QED) is 0.653. The highest BCUT2D eigenvalue weighted by molar-refractivity contribution is 7.89. The van der Waals surface area contributed by atoms with Gasteiger partial charge in [0.1, 0.15) is 0 Å². The van der Waals surface area contributed by atoms with Crippen LogP contribution >= 0.6 is 0 Å². The van der Waals surface area contributed by atoms with E-state index in [0.717, 1.165) is 13.0 Å². The van der Waals surface area contributed by atoms with E-state index < -0.39 is 10.0 Å². The molecule has 3 N–H and O–H groups in total. The zero-order valence-electron chi connectivity index (χ0n) is 17.6. The number of nitrogens with one attached hydrogen (secondary N) is 1. The van der Waals surface area contributed by atoms with Crippen molar-refractivity contribution in [1.29, 1.82) is 0 Å². The van der Waals surface area contributed by atoms with Gasteiger partial charge < -0.3 is 15.4 Å². The van der Waals surface area contributed by atoms with Crippen molar-refractivity contribution in [3.8, 4) is 0 Å². The van der Waals surface area contributed by atoms with E-state index in [4.69, 9.17) is 4.74 Å². The smallest absolute Gasteiger partial charge is 0.251 e. The molecule has 1 aromatic rings. The Labute approximate surface area is 168 Å². The van der Waals surface area contributed by atoms with Crippen molar-refractivity contribution in [3.63, 3.8) is 0 Å². The molecule has 0 saturated carbocycles. The molecule has 28 heavy (non-hydrogen) atoms. The molecule has 1 aliphatic heterocycles. The Morgan fingerprint density at radius 2 is 1.75 bits per heavy atom. The van der Waals surface area contributed by atoms with Gasteiger partial charge in [0.15, 0.2) is 0 Å². The molecule has 1 aromatic carbocycles. The fourth-order valence-electron chi connectivity index (χ4n) is 3.20. The van der Waals surface area contributed by atoms with Gasteiger partial charge in [0.25, 0.3) is 5.91 Å². The van der Waals surface area contributed by atoms with Crippen molar-refractivity contribution < 1.29 is 23.3 Å². The summed E-state index contributed by atoms with van der Waals surface area (Å²) in [6.07, 6.45) is 0.598. The number of ether oxygens (including phenoxy) is 1. The van der Waals surface area contributed by atoms with Gasteiger partial charge in [0, 0.05) is 31.6 Å². The number of rotatable bonds is 7. The lowest BCUT2D eigenvalue weighted by Crippen LogP contribution is -2.94. The van der Waals surface area contributed by atoms with E-state index in [1.807, 2.05) is 13.8 Å². The van der Waals surface area contributed by atoms with E-state index in [9.17, 15) is 13.2 Å². The molecule has 2 atom stereocenters. The fourth-order valence-corrected chi connectivity index (χ4v) is 4.79. The summed E-state index contributed by atoms with van der Waals surface area (Å²) < 4.78 is 32.8. The Kier molecular flexibility index (Phi) is 7.61. The zero-order chi connectivity index (χ0) is 20.9. The lowest BCUT2D eigenvalue weighted by molar-refractivity contribution is -0.717. The van der Waals surface area contributed by atoms with Gasteiger partial charge in [-0.2, -0.15) is 4.31 Å². The molecule has 1 fully saturated rings. The van der Waals surface area contributed by atoms with Crippen LogP contribution in [0.5, 0.6) is 0 Å². The first-order valence-electron chi connectivity index (χ1n) is 9.87. The minimum atomic E-state index is -3.59. The van der Waals surface area contributed by atoms with Gasteiger partial charge in [-0.1, -0.05) is 0 Å². The Morgan fingerprint density at radius 1 is 1.18 bits per heavy atom. The van der Waals surface area contributed by atoms with E-state index in [-0.39, 0.29) is 28.5 Å². The summed E-state index contributed by atoms with van der Waals surface area (Å²) in [5, 5.41) is 5.13. The molecule has 0 radical (unpaired) electrons. The SMILES string of the molecule is C[C@@H]1CN(S(=O)(=O)c2ccc(C(=O)NCCC[NH2+]C(C)(C)C)cc2)C[C@H](C)O1. The van der Waals surface area contributed by atoms with Crippen molar-refractivity contribution in [2.45, 2.75) is 63.7 Å². The summed E-state index contributed by atoms with van der Waals surface area (Å²) in [5.74, 6) is -0.187. The first-order valence-corrected chi connectivity index (χ1v) is 11.3. The number of nitrogens with zero attached hydrogens (tertiary/aromatic N) is 1. The second-order valence-electron chi connectivity index (χ2n) is 8.57. The first-order chi connectivity index (χ1) is 13.0. The molecule has 0 spiro atoms. The Bertz CT molecular complexity index is 747. The highest BCUT2D eigenvalue weighted by Crippen LogP contribution is 2.21. The zero-order valence-corrected chi connectivity index (χ0v) is 18.4. The first kappa shape index (κ1) is 22.8. The van der Waals surface area contributed by atoms with Gasteiger partial charge >= 0.3 is 0 Å². The Morgan fingerprint density at radius 3 is 2.29 bits per heavy atom. The lowest BCUT2D eigenvalue weighted by atomic mass is 10.1. The van der Waals surface area contributed by atoms with E-state index in [0.29, 0.717) is 25.2 Å².